The molecule has 2 heterocycles. The van der Waals surface area contributed by atoms with Crippen LogP contribution in [-0.4, -0.2) is 22.4 Å². The van der Waals surface area contributed by atoms with Crippen molar-refractivity contribution in [1.29, 1.82) is 0 Å². The van der Waals surface area contributed by atoms with E-state index < -0.39 is 0 Å². The Hall–Kier alpha value is -3.25. The summed E-state index contributed by atoms with van der Waals surface area (Å²) in [5.74, 6) is 0.671. The van der Waals surface area contributed by atoms with Crippen molar-refractivity contribution in [3.05, 3.63) is 83.5 Å². The van der Waals surface area contributed by atoms with Gasteiger partial charge in [0.05, 0.1) is 18.5 Å². The van der Waals surface area contributed by atoms with Crippen LogP contribution in [0.15, 0.2) is 73.1 Å². The predicted molar refractivity (Wildman–Crippen MR) is 115 cm³/mol. The highest BCUT2D eigenvalue weighted by Gasteiger charge is 2.17. The molecule has 140 valence electrons. The number of amides is 1. The number of hydrogen-bond acceptors (Lipinski definition) is 5. The van der Waals surface area contributed by atoms with Crippen molar-refractivity contribution in [2.24, 2.45) is 0 Å². The lowest BCUT2D eigenvalue weighted by atomic mass is 10.2. The van der Waals surface area contributed by atoms with Crippen LogP contribution in [0.25, 0.3) is 10.2 Å². The van der Waals surface area contributed by atoms with Gasteiger partial charge in [-0.1, -0.05) is 48.5 Å². The van der Waals surface area contributed by atoms with Gasteiger partial charge in [0.15, 0.2) is 0 Å². The number of carbonyl (C=O) groups excluding carboxylic acids is 1. The lowest BCUT2D eigenvalue weighted by molar-refractivity contribution is -0.117. The molecule has 0 saturated carbocycles. The summed E-state index contributed by atoms with van der Waals surface area (Å²) in [7, 11) is 0. The quantitative estimate of drug-likeness (QED) is 0.523. The molecule has 0 aliphatic carbocycles. The van der Waals surface area contributed by atoms with E-state index in [1.807, 2.05) is 73.7 Å². The number of anilines is 2. The highest BCUT2D eigenvalue weighted by atomic mass is 32.1. The zero-order valence-electron chi connectivity index (χ0n) is 15.5. The first-order valence-electron chi connectivity index (χ1n) is 9.05. The summed E-state index contributed by atoms with van der Waals surface area (Å²) in [6, 6.07) is 21.8. The van der Waals surface area contributed by atoms with Crippen LogP contribution in [0.4, 0.5) is 11.5 Å². The van der Waals surface area contributed by atoms with Crippen LogP contribution < -0.4 is 10.2 Å². The van der Waals surface area contributed by atoms with E-state index in [2.05, 4.69) is 15.3 Å². The van der Waals surface area contributed by atoms with Crippen LogP contribution in [0.3, 0.4) is 0 Å². The molecule has 28 heavy (non-hydrogen) atoms. The molecule has 4 rings (SSSR count). The van der Waals surface area contributed by atoms with Crippen LogP contribution in [0.2, 0.25) is 0 Å². The van der Waals surface area contributed by atoms with Crippen LogP contribution >= 0.6 is 11.3 Å². The molecule has 1 amide bonds. The maximum absolute atomic E-state index is 13.1. The molecule has 1 N–H and O–H groups in total. The van der Waals surface area contributed by atoms with Gasteiger partial charge in [-0.05, 0) is 30.7 Å². The number of para-hydroxylation sites is 1. The molecule has 0 atom stereocenters. The molecular formula is C22H20N4OS. The summed E-state index contributed by atoms with van der Waals surface area (Å²) in [6.07, 6.45) is 1.53. The second-order valence-electron chi connectivity index (χ2n) is 6.45. The van der Waals surface area contributed by atoms with E-state index in [1.165, 1.54) is 11.2 Å². The van der Waals surface area contributed by atoms with Crippen molar-refractivity contribution in [2.75, 3.05) is 16.8 Å². The van der Waals surface area contributed by atoms with Gasteiger partial charge < -0.3 is 10.2 Å². The van der Waals surface area contributed by atoms with E-state index in [0.717, 1.165) is 21.5 Å². The molecule has 0 aliphatic heterocycles. The molecule has 4 aromatic rings. The van der Waals surface area contributed by atoms with Gasteiger partial charge in [0.25, 0.3) is 0 Å². The molecule has 0 radical (unpaired) electrons. The average Bonchev–Trinajstić information content (AvgIpc) is 3.12. The standard InChI is InChI=1S/C22H20N4OS/c1-16-12-19-21(24-15-25-22(19)28-16)23-13-20(27)26(18-10-6-3-7-11-18)14-17-8-4-2-5-9-17/h2-12,15H,13-14H2,1H3,(H,23,24,25). The van der Waals surface area contributed by atoms with Crippen molar-refractivity contribution < 1.29 is 4.79 Å². The number of fused-ring (bicyclic) bond motifs is 1. The number of nitrogens with one attached hydrogen (secondary N) is 1. The first kappa shape index (κ1) is 18.1. The fraction of sp³-hybridized carbons (Fsp3) is 0.136. The minimum absolute atomic E-state index is 0.0197. The van der Waals surface area contributed by atoms with E-state index in [-0.39, 0.29) is 12.5 Å². The van der Waals surface area contributed by atoms with Crippen LogP contribution in [0, 0.1) is 6.92 Å². The second kappa shape index (κ2) is 8.19. The van der Waals surface area contributed by atoms with Crippen LogP contribution in [0.1, 0.15) is 10.4 Å². The Balaban J connectivity index is 1.55. The smallest absolute Gasteiger partial charge is 0.246 e. The molecule has 0 unspecified atom stereocenters. The van der Waals surface area contributed by atoms with Crippen LogP contribution in [-0.2, 0) is 11.3 Å². The van der Waals surface area contributed by atoms with E-state index in [9.17, 15) is 4.79 Å². The number of nitrogens with zero attached hydrogens (tertiary/aromatic N) is 3. The average molecular weight is 388 g/mol. The van der Waals surface area contributed by atoms with Crippen molar-refractivity contribution >= 4 is 39.0 Å². The number of benzene rings is 2. The van der Waals surface area contributed by atoms with E-state index in [1.54, 1.807) is 16.2 Å². The van der Waals surface area contributed by atoms with E-state index in [0.29, 0.717) is 12.4 Å². The summed E-state index contributed by atoms with van der Waals surface area (Å²) in [6.45, 7) is 2.71. The molecular weight excluding hydrogens is 368 g/mol. The third-order valence-corrected chi connectivity index (χ3v) is 5.37. The lowest BCUT2D eigenvalue weighted by Crippen LogP contribution is -2.35. The van der Waals surface area contributed by atoms with Gasteiger partial charge in [-0.3, -0.25) is 4.79 Å². The Morgan fingerprint density at radius 2 is 1.75 bits per heavy atom. The number of carbonyl (C=O) groups is 1. The topological polar surface area (TPSA) is 58.1 Å². The van der Waals surface area contributed by atoms with Crippen molar-refractivity contribution in [3.8, 4) is 0 Å². The van der Waals surface area contributed by atoms with Gasteiger partial charge >= 0.3 is 0 Å². The first-order valence-corrected chi connectivity index (χ1v) is 9.87. The predicted octanol–water partition coefficient (Wildman–Crippen LogP) is 4.65. The summed E-state index contributed by atoms with van der Waals surface area (Å²) in [4.78, 5) is 25.6. The van der Waals surface area contributed by atoms with Gasteiger partial charge in [0, 0.05) is 10.6 Å². The summed E-state index contributed by atoms with van der Waals surface area (Å²) in [5.41, 5.74) is 1.95. The normalized spacial score (nSPS) is 10.8. The Bertz CT molecular complexity index is 1080. The molecule has 2 aromatic heterocycles. The Morgan fingerprint density at radius 1 is 1.04 bits per heavy atom. The number of aryl methyl sites for hydroxylation is 1. The highest BCUT2D eigenvalue weighted by molar-refractivity contribution is 7.18. The SMILES string of the molecule is Cc1cc2c(NCC(=O)N(Cc3ccccc3)c3ccccc3)ncnc2s1. The third-order valence-electron chi connectivity index (χ3n) is 4.41. The minimum Gasteiger partial charge on any atom is -0.360 e. The first-order chi connectivity index (χ1) is 13.7. The lowest BCUT2D eigenvalue weighted by Gasteiger charge is -2.23. The summed E-state index contributed by atoms with van der Waals surface area (Å²) >= 11 is 1.62. The molecule has 0 fully saturated rings. The van der Waals surface area contributed by atoms with Crippen molar-refractivity contribution in [2.45, 2.75) is 13.5 Å². The fourth-order valence-corrected chi connectivity index (χ4v) is 3.92. The zero-order chi connectivity index (χ0) is 19.3. The van der Waals surface area contributed by atoms with E-state index >= 15 is 0 Å². The van der Waals surface area contributed by atoms with Gasteiger partial charge in [0.1, 0.15) is 17.0 Å². The largest absolute Gasteiger partial charge is 0.360 e. The molecule has 0 saturated heterocycles. The number of hydrogen-bond donors (Lipinski definition) is 1. The number of rotatable bonds is 6. The maximum atomic E-state index is 13.1. The zero-order valence-corrected chi connectivity index (χ0v) is 16.3. The summed E-state index contributed by atoms with van der Waals surface area (Å²) < 4.78 is 0. The Labute approximate surface area is 167 Å². The van der Waals surface area contributed by atoms with Crippen LogP contribution in [0.5, 0.6) is 0 Å². The molecule has 5 nitrogen and oxygen atoms in total. The number of thiophene rings is 1. The number of aromatic nitrogens is 2. The molecule has 6 heteroatoms. The maximum Gasteiger partial charge on any atom is 0.246 e. The monoisotopic (exact) mass is 388 g/mol. The van der Waals surface area contributed by atoms with Gasteiger partial charge in [-0.2, -0.15) is 0 Å². The Morgan fingerprint density at radius 3 is 2.50 bits per heavy atom. The Kier molecular flexibility index (Phi) is 5.30. The van der Waals surface area contributed by atoms with E-state index in [4.69, 9.17) is 0 Å². The van der Waals surface area contributed by atoms with Gasteiger partial charge in [-0.25, -0.2) is 9.97 Å². The highest BCUT2D eigenvalue weighted by Crippen LogP contribution is 2.27. The molecule has 0 aliphatic rings. The van der Waals surface area contributed by atoms with Crippen molar-refractivity contribution in [3.63, 3.8) is 0 Å². The summed E-state index contributed by atoms with van der Waals surface area (Å²) in [5, 5.41) is 4.15. The van der Waals surface area contributed by atoms with Crippen molar-refractivity contribution in [1.82, 2.24) is 9.97 Å². The van der Waals surface area contributed by atoms with Gasteiger partial charge in [0.2, 0.25) is 5.91 Å². The van der Waals surface area contributed by atoms with Gasteiger partial charge in [-0.15, -0.1) is 11.3 Å². The fourth-order valence-electron chi connectivity index (χ4n) is 3.07. The molecule has 0 bridgehead atoms. The second-order valence-corrected chi connectivity index (χ2v) is 7.69. The molecule has 2 aromatic carbocycles. The third kappa shape index (κ3) is 4.02. The minimum atomic E-state index is -0.0197. The molecule has 0 spiro atoms.